The smallest absolute Gasteiger partial charge is 0.271 e. The second-order valence-electron chi connectivity index (χ2n) is 8.31. The normalized spacial score (nSPS) is 14.3. The molecule has 0 spiro atoms. The van der Waals surface area contributed by atoms with Gasteiger partial charge in [0.05, 0.1) is 12.8 Å². The monoisotopic (exact) mass is 456 g/mol. The third kappa shape index (κ3) is 4.58. The Morgan fingerprint density at radius 2 is 1.76 bits per heavy atom. The molecule has 0 atom stereocenters. The SMILES string of the molecule is COc1ccccc1-c1cc(C(=O)N2CCN(CCn3ccnc3-c3ccccc3)CC2)[nH]n1. The van der Waals surface area contributed by atoms with Gasteiger partial charge in [0.1, 0.15) is 17.3 Å². The van der Waals surface area contributed by atoms with Crippen LogP contribution < -0.4 is 4.74 Å². The van der Waals surface area contributed by atoms with Crippen molar-refractivity contribution in [3.8, 4) is 28.4 Å². The first-order valence-electron chi connectivity index (χ1n) is 11.5. The van der Waals surface area contributed by atoms with Crippen molar-refractivity contribution in [3.05, 3.63) is 78.8 Å². The number of nitrogens with one attached hydrogen (secondary N) is 1. The molecule has 1 aliphatic rings. The largest absolute Gasteiger partial charge is 0.496 e. The molecule has 1 N–H and O–H groups in total. The zero-order chi connectivity index (χ0) is 23.3. The van der Waals surface area contributed by atoms with E-state index < -0.39 is 0 Å². The average molecular weight is 457 g/mol. The van der Waals surface area contributed by atoms with E-state index in [1.807, 2.05) is 59.8 Å². The number of amides is 1. The Hall–Kier alpha value is -3.91. The van der Waals surface area contributed by atoms with Gasteiger partial charge in [-0.2, -0.15) is 5.10 Å². The van der Waals surface area contributed by atoms with Crippen molar-refractivity contribution >= 4 is 5.91 Å². The van der Waals surface area contributed by atoms with Crippen molar-refractivity contribution < 1.29 is 9.53 Å². The third-order valence-electron chi connectivity index (χ3n) is 6.26. The van der Waals surface area contributed by atoms with Gasteiger partial charge in [-0.25, -0.2) is 4.98 Å². The molecule has 0 radical (unpaired) electrons. The molecule has 34 heavy (non-hydrogen) atoms. The lowest BCUT2D eigenvalue weighted by molar-refractivity contribution is 0.0627. The lowest BCUT2D eigenvalue weighted by atomic mass is 10.1. The molecule has 2 aromatic heterocycles. The summed E-state index contributed by atoms with van der Waals surface area (Å²) in [5.41, 5.74) is 3.18. The maximum atomic E-state index is 13.0. The lowest BCUT2D eigenvalue weighted by Gasteiger charge is -2.34. The van der Waals surface area contributed by atoms with Crippen LogP contribution in [0.15, 0.2) is 73.1 Å². The molecular formula is C26H28N6O2. The first-order chi connectivity index (χ1) is 16.7. The molecule has 8 heteroatoms. The minimum atomic E-state index is -0.0192. The van der Waals surface area contributed by atoms with Gasteiger partial charge in [0, 0.05) is 62.8 Å². The van der Waals surface area contributed by atoms with Gasteiger partial charge >= 0.3 is 0 Å². The minimum Gasteiger partial charge on any atom is -0.496 e. The number of nitrogens with zero attached hydrogens (tertiary/aromatic N) is 5. The lowest BCUT2D eigenvalue weighted by Crippen LogP contribution is -2.49. The number of benzene rings is 2. The Bertz CT molecular complexity index is 1240. The van der Waals surface area contributed by atoms with Crippen LogP contribution in [0, 0.1) is 0 Å². The number of carbonyl (C=O) groups excluding carboxylic acids is 1. The number of aromatic amines is 1. The molecule has 0 unspecified atom stereocenters. The second kappa shape index (κ2) is 9.93. The Kier molecular flexibility index (Phi) is 6.40. The van der Waals surface area contributed by atoms with Gasteiger partial charge in [0.2, 0.25) is 0 Å². The van der Waals surface area contributed by atoms with E-state index in [0.29, 0.717) is 24.5 Å². The first kappa shape index (κ1) is 21.9. The second-order valence-corrected chi connectivity index (χ2v) is 8.31. The predicted molar refractivity (Wildman–Crippen MR) is 131 cm³/mol. The summed E-state index contributed by atoms with van der Waals surface area (Å²) in [4.78, 5) is 21.9. The van der Waals surface area contributed by atoms with E-state index in [9.17, 15) is 4.79 Å². The Morgan fingerprint density at radius 3 is 2.56 bits per heavy atom. The van der Waals surface area contributed by atoms with Crippen LogP contribution in [0.25, 0.3) is 22.6 Å². The summed E-state index contributed by atoms with van der Waals surface area (Å²) in [6, 6.07) is 19.7. The highest BCUT2D eigenvalue weighted by atomic mass is 16.5. The quantitative estimate of drug-likeness (QED) is 0.461. The van der Waals surface area contributed by atoms with Crippen LogP contribution in [-0.4, -0.2) is 75.3 Å². The van der Waals surface area contributed by atoms with Crippen LogP contribution in [-0.2, 0) is 6.54 Å². The molecular weight excluding hydrogens is 428 g/mol. The van der Waals surface area contributed by atoms with Gasteiger partial charge < -0.3 is 14.2 Å². The average Bonchev–Trinajstić information content (AvgIpc) is 3.58. The highest BCUT2D eigenvalue weighted by Crippen LogP contribution is 2.28. The van der Waals surface area contributed by atoms with Crippen LogP contribution in [0.5, 0.6) is 5.75 Å². The number of hydrogen-bond donors (Lipinski definition) is 1. The summed E-state index contributed by atoms with van der Waals surface area (Å²) >= 11 is 0. The highest BCUT2D eigenvalue weighted by Gasteiger charge is 2.24. The number of carbonyl (C=O) groups is 1. The minimum absolute atomic E-state index is 0.0192. The van der Waals surface area contributed by atoms with Gasteiger partial charge in [0.25, 0.3) is 5.91 Å². The fourth-order valence-electron chi connectivity index (χ4n) is 4.36. The fraction of sp³-hybridized carbons (Fsp3) is 0.269. The van der Waals surface area contributed by atoms with Gasteiger partial charge in [-0.15, -0.1) is 0 Å². The highest BCUT2D eigenvalue weighted by molar-refractivity contribution is 5.93. The van der Waals surface area contributed by atoms with Crippen molar-refractivity contribution in [1.82, 2.24) is 29.5 Å². The summed E-state index contributed by atoms with van der Waals surface area (Å²) in [7, 11) is 1.63. The van der Waals surface area contributed by atoms with Crippen LogP contribution >= 0.6 is 0 Å². The number of piperazine rings is 1. The van der Waals surface area contributed by atoms with Crippen LogP contribution in [0.2, 0.25) is 0 Å². The van der Waals surface area contributed by atoms with E-state index in [0.717, 1.165) is 48.9 Å². The number of aromatic nitrogens is 4. The molecule has 8 nitrogen and oxygen atoms in total. The number of rotatable bonds is 7. The number of methoxy groups -OCH3 is 1. The summed E-state index contributed by atoms with van der Waals surface area (Å²) in [5, 5.41) is 7.25. The van der Waals surface area contributed by atoms with Crippen molar-refractivity contribution in [1.29, 1.82) is 0 Å². The zero-order valence-electron chi connectivity index (χ0n) is 19.2. The van der Waals surface area contributed by atoms with E-state index in [1.165, 1.54) is 0 Å². The van der Waals surface area contributed by atoms with Gasteiger partial charge in [0.15, 0.2) is 0 Å². The summed E-state index contributed by atoms with van der Waals surface area (Å²) < 4.78 is 7.61. The van der Waals surface area contributed by atoms with E-state index in [-0.39, 0.29) is 5.91 Å². The Morgan fingerprint density at radius 1 is 1.00 bits per heavy atom. The molecule has 1 amide bonds. The standard InChI is InChI=1S/C26H28N6O2/c1-34-24-10-6-5-9-21(24)22-19-23(29-28-22)26(33)32-17-14-30(15-18-32)13-16-31-12-11-27-25(31)20-7-3-2-4-8-20/h2-12,19H,13-18H2,1H3,(H,28,29). The van der Waals surface area contributed by atoms with E-state index in [4.69, 9.17) is 4.74 Å². The molecule has 4 aromatic rings. The molecule has 3 heterocycles. The number of hydrogen-bond acceptors (Lipinski definition) is 5. The van der Waals surface area contributed by atoms with Crippen LogP contribution in [0.4, 0.5) is 0 Å². The van der Waals surface area contributed by atoms with E-state index in [2.05, 4.69) is 36.8 Å². The molecule has 1 saturated heterocycles. The van der Waals surface area contributed by atoms with Gasteiger partial charge in [-0.1, -0.05) is 42.5 Å². The molecule has 1 aliphatic heterocycles. The summed E-state index contributed by atoms with van der Waals surface area (Å²) in [6.45, 7) is 4.85. The first-order valence-corrected chi connectivity index (χ1v) is 11.5. The maximum absolute atomic E-state index is 13.0. The molecule has 0 saturated carbocycles. The van der Waals surface area contributed by atoms with Crippen molar-refractivity contribution in [3.63, 3.8) is 0 Å². The molecule has 5 rings (SSSR count). The molecule has 0 aliphatic carbocycles. The number of H-pyrrole nitrogens is 1. The van der Waals surface area contributed by atoms with Gasteiger partial charge in [-0.3, -0.25) is 14.8 Å². The molecule has 0 bridgehead atoms. The third-order valence-corrected chi connectivity index (χ3v) is 6.26. The molecule has 2 aromatic carbocycles. The fourth-order valence-corrected chi connectivity index (χ4v) is 4.36. The van der Waals surface area contributed by atoms with E-state index >= 15 is 0 Å². The Labute approximate surface area is 198 Å². The predicted octanol–water partition coefficient (Wildman–Crippen LogP) is 3.41. The van der Waals surface area contributed by atoms with Crippen LogP contribution in [0.3, 0.4) is 0 Å². The summed E-state index contributed by atoms with van der Waals surface area (Å²) in [5.74, 6) is 1.70. The van der Waals surface area contributed by atoms with Crippen molar-refractivity contribution in [2.24, 2.45) is 0 Å². The topological polar surface area (TPSA) is 79.3 Å². The number of imidazole rings is 1. The van der Waals surface area contributed by atoms with Gasteiger partial charge in [-0.05, 0) is 18.2 Å². The van der Waals surface area contributed by atoms with Crippen molar-refractivity contribution in [2.75, 3.05) is 39.8 Å². The van der Waals surface area contributed by atoms with Crippen molar-refractivity contribution in [2.45, 2.75) is 6.54 Å². The van der Waals surface area contributed by atoms with E-state index in [1.54, 1.807) is 13.2 Å². The molecule has 174 valence electrons. The Balaban J connectivity index is 1.16. The number of para-hydroxylation sites is 1. The summed E-state index contributed by atoms with van der Waals surface area (Å²) in [6.07, 6.45) is 3.88. The molecule has 1 fully saturated rings. The number of ether oxygens (including phenoxy) is 1. The maximum Gasteiger partial charge on any atom is 0.271 e. The zero-order valence-corrected chi connectivity index (χ0v) is 19.2. The van der Waals surface area contributed by atoms with Crippen LogP contribution in [0.1, 0.15) is 10.5 Å².